The van der Waals surface area contributed by atoms with Gasteiger partial charge in [-0.15, -0.1) is 12.4 Å². The van der Waals surface area contributed by atoms with Gasteiger partial charge in [0.25, 0.3) is 5.56 Å². The second-order valence-corrected chi connectivity index (χ2v) is 7.17. The summed E-state index contributed by atoms with van der Waals surface area (Å²) < 4.78 is 0. The molecule has 3 aliphatic rings. The molecular weight excluding hydrogens is 316 g/mol. The van der Waals surface area contributed by atoms with E-state index in [9.17, 15) is 9.59 Å². The zero-order valence-electron chi connectivity index (χ0n) is 13.4. The fraction of sp³-hybridized carbons (Fsp3) is 0.688. The van der Waals surface area contributed by atoms with Crippen molar-refractivity contribution in [2.24, 2.45) is 10.8 Å². The van der Waals surface area contributed by atoms with Crippen LogP contribution in [0.5, 0.6) is 0 Å². The monoisotopic (exact) mass is 338 g/mol. The number of carbonyl (C=O) groups excluding carboxylic acids is 1. The second-order valence-electron chi connectivity index (χ2n) is 7.17. The number of halogens is 1. The van der Waals surface area contributed by atoms with Crippen LogP contribution in [0.3, 0.4) is 0 Å². The van der Waals surface area contributed by atoms with E-state index in [4.69, 9.17) is 0 Å². The molecule has 1 amide bonds. The number of aromatic amines is 1. The van der Waals surface area contributed by atoms with Gasteiger partial charge >= 0.3 is 0 Å². The van der Waals surface area contributed by atoms with Crippen LogP contribution in [0, 0.1) is 10.8 Å². The first-order valence-corrected chi connectivity index (χ1v) is 8.11. The van der Waals surface area contributed by atoms with Gasteiger partial charge in [0.15, 0.2) is 0 Å². The van der Waals surface area contributed by atoms with Crippen LogP contribution in [0.2, 0.25) is 0 Å². The summed E-state index contributed by atoms with van der Waals surface area (Å²) in [6.45, 7) is 5.26. The first-order valence-electron chi connectivity index (χ1n) is 8.11. The Bertz CT molecular complexity index is 683. The molecule has 6 nitrogen and oxygen atoms in total. The molecule has 0 radical (unpaired) electrons. The number of H-pyrrole nitrogens is 1. The van der Waals surface area contributed by atoms with E-state index in [2.05, 4.69) is 22.2 Å². The highest BCUT2D eigenvalue weighted by atomic mass is 35.5. The molecule has 126 valence electrons. The van der Waals surface area contributed by atoms with Gasteiger partial charge in [0, 0.05) is 12.1 Å². The molecule has 23 heavy (non-hydrogen) atoms. The number of carbonyl (C=O) groups is 1. The second kappa shape index (κ2) is 5.60. The Morgan fingerprint density at radius 3 is 2.83 bits per heavy atom. The van der Waals surface area contributed by atoms with Crippen LogP contribution in [0.1, 0.15) is 37.4 Å². The summed E-state index contributed by atoms with van der Waals surface area (Å²) in [5, 5.41) is 3.38. The third-order valence-electron chi connectivity index (χ3n) is 6.07. The minimum atomic E-state index is -0.214. The fourth-order valence-electron chi connectivity index (χ4n) is 4.46. The van der Waals surface area contributed by atoms with Gasteiger partial charge in [0.1, 0.15) is 0 Å². The van der Waals surface area contributed by atoms with E-state index in [0.717, 1.165) is 43.6 Å². The van der Waals surface area contributed by atoms with Crippen LogP contribution < -0.4 is 10.9 Å². The summed E-state index contributed by atoms with van der Waals surface area (Å²) in [4.78, 5) is 33.6. The zero-order chi connectivity index (χ0) is 15.4. The molecule has 1 aromatic heterocycles. The molecule has 1 spiro atoms. The topological polar surface area (TPSA) is 78.1 Å². The average Bonchev–Trinajstić information content (AvgIpc) is 3.11. The van der Waals surface area contributed by atoms with Crippen molar-refractivity contribution < 1.29 is 4.79 Å². The molecule has 7 heteroatoms. The summed E-state index contributed by atoms with van der Waals surface area (Å²) in [5.41, 5.74) is 1.42. The van der Waals surface area contributed by atoms with Crippen molar-refractivity contribution in [3.63, 3.8) is 0 Å². The molecule has 3 heterocycles. The number of hydrogen-bond acceptors (Lipinski definition) is 4. The average molecular weight is 339 g/mol. The maximum absolute atomic E-state index is 13.0. The molecule has 2 N–H and O–H groups in total. The lowest BCUT2D eigenvalue weighted by Gasteiger charge is -2.33. The quantitative estimate of drug-likeness (QED) is 0.796. The van der Waals surface area contributed by atoms with Gasteiger partial charge in [-0.2, -0.15) is 0 Å². The molecule has 2 aliphatic heterocycles. The minimum Gasteiger partial charge on any atom is -0.336 e. The van der Waals surface area contributed by atoms with Gasteiger partial charge in [-0.05, 0) is 44.2 Å². The molecule has 1 saturated carbocycles. The highest BCUT2D eigenvalue weighted by Crippen LogP contribution is 2.69. The van der Waals surface area contributed by atoms with Crippen molar-refractivity contribution in [1.82, 2.24) is 20.2 Å². The molecule has 1 atom stereocenters. The number of aromatic nitrogens is 2. The van der Waals surface area contributed by atoms with E-state index in [0.29, 0.717) is 19.5 Å². The Morgan fingerprint density at radius 1 is 1.35 bits per heavy atom. The number of piperidine rings is 1. The molecule has 1 unspecified atom stereocenters. The minimum absolute atomic E-state index is 0. The molecule has 0 aromatic carbocycles. The van der Waals surface area contributed by atoms with Crippen LogP contribution in [-0.2, 0) is 17.8 Å². The first kappa shape index (κ1) is 16.5. The Labute approximate surface area is 141 Å². The van der Waals surface area contributed by atoms with Crippen LogP contribution in [0.25, 0.3) is 0 Å². The summed E-state index contributed by atoms with van der Waals surface area (Å²) >= 11 is 0. The van der Waals surface area contributed by atoms with E-state index in [1.54, 1.807) is 0 Å². The number of nitrogens with one attached hydrogen (secondary N) is 2. The lowest BCUT2D eigenvalue weighted by atomic mass is 9.84. The smallest absolute Gasteiger partial charge is 0.254 e. The van der Waals surface area contributed by atoms with Crippen LogP contribution in [0.15, 0.2) is 11.1 Å². The molecular formula is C16H23ClN4O2. The fourth-order valence-corrected chi connectivity index (χ4v) is 4.46. The van der Waals surface area contributed by atoms with E-state index in [1.807, 2.05) is 4.90 Å². The predicted octanol–water partition coefficient (Wildman–Crippen LogP) is 0.856. The van der Waals surface area contributed by atoms with Crippen molar-refractivity contribution in [2.75, 3.05) is 19.6 Å². The highest BCUT2D eigenvalue weighted by Gasteiger charge is 2.68. The Hall–Kier alpha value is -1.40. The normalized spacial score (nSPS) is 28.0. The van der Waals surface area contributed by atoms with Crippen molar-refractivity contribution in [2.45, 2.75) is 39.2 Å². The van der Waals surface area contributed by atoms with Gasteiger partial charge in [0.05, 0.1) is 24.0 Å². The lowest BCUT2D eigenvalue weighted by Crippen LogP contribution is -2.44. The maximum atomic E-state index is 13.0. The van der Waals surface area contributed by atoms with Crippen LogP contribution >= 0.6 is 12.4 Å². The van der Waals surface area contributed by atoms with Gasteiger partial charge in [-0.3, -0.25) is 9.59 Å². The standard InChI is InChI=1S/C16H22N4O2.ClH/c1-15(9-16(15)3-5-17-6-4-16)14(22)20-7-2-11-12(8-20)18-10-19-13(11)21;/h10,17H,2-9H2,1H3,(H,18,19,21);1H. The van der Waals surface area contributed by atoms with Crippen molar-refractivity contribution in [3.8, 4) is 0 Å². The molecule has 0 bridgehead atoms. The SMILES string of the molecule is CC1(C(=O)N2CCc3c(nc[nH]c3=O)C2)CC12CCNCC2.Cl. The van der Waals surface area contributed by atoms with Crippen LogP contribution in [0.4, 0.5) is 0 Å². The number of hydrogen-bond donors (Lipinski definition) is 2. The third kappa shape index (κ3) is 2.39. The molecule has 1 saturated heterocycles. The van der Waals surface area contributed by atoms with Gasteiger partial charge in [-0.25, -0.2) is 4.98 Å². The molecule has 1 aromatic rings. The number of rotatable bonds is 1. The molecule has 4 rings (SSSR count). The Balaban J connectivity index is 0.00000156. The molecule has 2 fully saturated rings. The van der Waals surface area contributed by atoms with Gasteiger partial charge < -0.3 is 15.2 Å². The van der Waals surface area contributed by atoms with Gasteiger partial charge in [-0.1, -0.05) is 6.92 Å². The largest absolute Gasteiger partial charge is 0.336 e. The van der Waals surface area contributed by atoms with Gasteiger partial charge in [0.2, 0.25) is 5.91 Å². The number of nitrogens with zero attached hydrogens (tertiary/aromatic N) is 2. The Morgan fingerprint density at radius 2 is 2.09 bits per heavy atom. The summed E-state index contributed by atoms with van der Waals surface area (Å²) in [5.74, 6) is 0.252. The van der Waals surface area contributed by atoms with Crippen molar-refractivity contribution in [1.29, 1.82) is 0 Å². The number of amides is 1. The Kier molecular flexibility index (Phi) is 4.01. The summed E-state index contributed by atoms with van der Waals surface area (Å²) in [7, 11) is 0. The van der Waals surface area contributed by atoms with E-state index in [-0.39, 0.29) is 34.7 Å². The predicted molar refractivity (Wildman–Crippen MR) is 88.5 cm³/mol. The summed E-state index contributed by atoms with van der Waals surface area (Å²) in [6.07, 6.45) is 5.24. The van der Waals surface area contributed by atoms with E-state index < -0.39 is 0 Å². The summed E-state index contributed by atoms with van der Waals surface area (Å²) in [6, 6.07) is 0. The first-order chi connectivity index (χ1) is 10.6. The zero-order valence-corrected chi connectivity index (χ0v) is 14.2. The lowest BCUT2D eigenvalue weighted by molar-refractivity contribution is -0.139. The van der Waals surface area contributed by atoms with Crippen LogP contribution in [-0.4, -0.2) is 40.4 Å². The van der Waals surface area contributed by atoms with E-state index >= 15 is 0 Å². The number of fused-ring (bicyclic) bond motifs is 1. The van der Waals surface area contributed by atoms with Crippen molar-refractivity contribution in [3.05, 3.63) is 27.9 Å². The third-order valence-corrected chi connectivity index (χ3v) is 6.07. The highest BCUT2D eigenvalue weighted by molar-refractivity contribution is 5.87. The molecule has 1 aliphatic carbocycles. The maximum Gasteiger partial charge on any atom is 0.254 e. The van der Waals surface area contributed by atoms with Crippen molar-refractivity contribution >= 4 is 18.3 Å². The van der Waals surface area contributed by atoms with E-state index in [1.165, 1.54) is 6.33 Å².